The van der Waals surface area contributed by atoms with E-state index in [0.29, 0.717) is 11.1 Å². The highest BCUT2D eigenvalue weighted by atomic mass is 35.5. The molecule has 1 aliphatic heterocycles. The summed E-state index contributed by atoms with van der Waals surface area (Å²) in [6.07, 6.45) is 0.199. The van der Waals surface area contributed by atoms with E-state index in [1.807, 2.05) is 0 Å². The summed E-state index contributed by atoms with van der Waals surface area (Å²) in [6.45, 7) is 0.255. The van der Waals surface area contributed by atoms with Crippen molar-refractivity contribution in [3.63, 3.8) is 0 Å². The third-order valence-corrected chi connectivity index (χ3v) is 8.18. The second kappa shape index (κ2) is 10.2. The second-order valence-electron chi connectivity index (χ2n) is 9.53. The van der Waals surface area contributed by atoms with Crippen molar-refractivity contribution in [3.8, 4) is 0 Å². The molecule has 3 N–H and O–H groups in total. The van der Waals surface area contributed by atoms with Crippen LogP contribution < -0.4 is 5.73 Å². The van der Waals surface area contributed by atoms with Crippen molar-refractivity contribution < 1.29 is 22.8 Å². The molecule has 0 unspecified atom stereocenters. The van der Waals surface area contributed by atoms with Gasteiger partial charge >= 0.3 is 6.18 Å². The maximum absolute atomic E-state index is 13.9. The van der Waals surface area contributed by atoms with Gasteiger partial charge in [0.1, 0.15) is 0 Å². The number of nitrogens with zero attached hydrogens (tertiary/aromatic N) is 2. The SMILES string of the molecule is N[C@@H]1CCC[C@@H](CN2C(=O)S/C(=C(/Cc3ccc(Cl)cc3C(F)(F)F)c3ccc4[nH]ncc4c3)C2=O)C1. The fourth-order valence-electron chi connectivity index (χ4n) is 5.10. The summed E-state index contributed by atoms with van der Waals surface area (Å²) < 4.78 is 41.7. The van der Waals surface area contributed by atoms with Crippen molar-refractivity contribution in [2.24, 2.45) is 11.7 Å². The maximum Gasteiger partial charge on any atom is 0.416 e. The minimum absolute atomic E-state index is 0.0377. The van der Waals surface area contributed by atoms with Crippen LogP contribution in [0.4, 0.5) is 18.0 Å². The zero-order valence-electron chi connectivity index (χ0n) is 19.6. The topological polar surface area (TPSA) is 92.1 Å². The first-order chi connectivity index (χ1) is 17.6. The van der Waals surface area contributed by atoms with Gasteiger partial charge in [0.2, 0.25) is 0 Å². The molecule has 5 rings (SSSR count). The summed E-state index contributed by atoms with van der Waals surface area (Å²) in [5.74, 6) is -0.380. The molecule has 2 atom stereocenters. The van der Waals surface area contributed by atoms with Crippen molar-refractivity contribution in [2.45, 2.75) is 44.3 Å². The van der Waals surface area contributed by atoms with Crippen LogP contribution in [0.2, 0.25) is 5.02 Å². The Kier molecular flexibility index (Phi) is 7.08. The Balaban J connectivity index is 1.57. The summed E-state index contributed by atoms with van der Waals surface area (Å²) >= 11 is 6.65. The summed E-state index contributed by atoms with van der Waals surface area (Å²) in [5, 5.41) is 7.11. The number of hydrogen-bond acceptors (Lipinski definition) is 5. The van der Waals surface area contributed by atoms with E-state index >= 15 is 0 Å². The molecule has 194 valence electrons. The number of hydrogen-bond donors (Lipinski definition) is 2. The smallest absolute Gasteiger partial charge is 0.328 e. The average Bonchev–Trinajstić information content (AvgIpc) is 3.42. The minimum Gasteiger partial charge on any atom is -0.328 e. The standard InChI is InChI=1S/C26H24ClF3N4O2S/c27-18-6-4-16(21(11-18)26(28,29)30)10-20(15-5-7-22-17(9-15)12-32-33-22)23-24(35)34(25(36)37-23)13-14-2-1-3-19(31)8-14/h4-7,9,11-12,14,19H,1-3,8,10,13,31H2,(H,32,33)/b23-20-/t14-,19-/m1/s1. The van der Waals surface area contributed by atoms with Crippen LogP contribution in [-0.4, -0.2) is 38.8 Å². The molecule has 0 bridgehead atoms. The Morgan fingerprint density at radius 3 is 2.76 bits per heavy atom. The molecule has 6 nitrogen and oxygen atoms in total. The number of carbonyl (C=O) groups is 2. The molecule has 0 radical (unpaired) electrons. The van der Waals surface area contributed by atoms with Crippen LogP contribution in [-0.2, 0) is 17.4 Å². The molecule has 2 amide bonds. The molecule has 2 heterocycles. The first-order valence-electron chi connectivity index (χ1n) is 11.9. The molecule has 1 aromatic heterocycles. The number of aromatic amines is 1. The van der Waals surface area contributed by atoms with Gasteiger partial charge in [0.05, 0.1) is 22.2 Å². The number of fused-ring (bicyclic) bond motifs is 1. The Bertz CT molecular complexity index is 1400. The number of rotatable bonds is 5. The van der Waals surface area contributed by atoms with Crippen LogP contribution in [0, 0.1) is 5.92 Å². The first-order valence-corrected chi connectivity index (χ1v) is 13.1. The summed E-state index contributed by atoms with van der Waals surface area (Å²) in [7, 11) is 0. The van der Waals surface area contributed by atoms with Crippen molar-refractivity contribution in [3.05, 3.63) is 69.2 Å². The van der Waals surface area contributed by atoms with Gasteiger partial charge in [-0.2, -0.15) is 18.3 Å². The highest BCUT2D eigenvalue weighted by Crippen LogP contribution is 2.42. The lowest BCUT2D eigenvalue weighted by atomic mass is 9.86. The minimum atomic E-state index is -4.64. The number of halogens is 4. The quantitative estimate of drug-likeness (QED) is 0.360. The first kappa shape index (κ1) is 25.8. The van der Waals surface area contributed by atoms with E-state index in [1.165, 1.54) is 17.0 Å². The fraction of sp³-hybridized carbons (Fsp3) is 0.346. The number of carbonyl (C=O) groups excluding carboxylic acids is 2. The van der Waals surface area contributed by atoms with Gasteiger partial charge in [-0.05, 0) is 84.3 Å². The molecule has 0 spiro atoms. The average molecular weight is 549 g/mol. The van der Waals surface area contributed by atoms with Crippen LogP contribution in [0.1, 0.15) is 42.4 Å². The van der Waals surface area contributed by atoms with Crippen LogP contribution >= 0.6 is 23.4 Å². The molecular weight excluding hydrogens is 525 g/mol. The van der Waals surface area contributed by atoms with E-state index < -0.39 is 22.9 Å². The number of allylic oxidation sites excluding steroid dienone is 1. The zero-order valence-corrected chi connectivity index (χ0v) is 21.2. The van der Waals surface area contributed by atoms with Gasteiger partial charge in [-0.3, -0.25) is 19.6 Å². The number of nitrogens with two attached hydrogens (primary N) is 1. The number of imide groups is 1. The van der Waals surface area contributed by atoms with E-state index in [0.717, 1.165) is 54.4 Å². The predicted octanol–water partition coefficient (Wildman–Crippen LogP) is 6.40. The van der Waals surface area contributed by atoms with E-state index in [-0.39, 0.29) is 40.4 Å². The van der Waals surface area contributed by atoms with Gasteiger partial charge in [-0.15, -0.1) is 0 Å². The van der Waals surface area contributed by atoms with Gasteiger partial charge in [-0.1, -0.05) is 30.2 Å². The third-order valence-electron chi connectivity index (χ3n) is 6.92. The van der Waals surface area contributed by atoms with Gasteiger partial charge in [-0.25, -0.2) is 0 Å². The summed E-state index contributed by atoms with van der Waals surface area (Å²) in [6, 6.07) is 8.84. The number of H-pyrrole nitrogens is 1. The number of nitrogens with one attached hydrogen (secondary N) is 1. The number of benzene rings is 2. The molecule has 11 heteroatoms. The Labute approximate surface area is 220 Å². The molecule has 2 aromatic carbocycles. The predicted molar refractivity (Wildman–Crippen MR) is 138 cm³/mol. The van der Waals surface area contributed by atoms with Gasteiger partial charge in [0, 0.05) is 23.0 Å². The zero-order chi connectivity index (χ0) is 26.3. The monoisotopic (exact) mass is 548 g/mol. The van der Waals surface area contributed by atoms with Crippen LogP contribution in [0.25, 0.3) is 16.5 Å². The Morgan fingerprint density at radius 1 is 1.19 bits per heavy atom. The largest absolute Gasteiger partial charge is 0.416 e. The lowest BCUT2D eigenvalue weighted by molar-refractivity contribution is -0.138. The highest BCUT2D eigenvalue weighted by molar-refractivity contribution is 8.18. The van der Waals surface area contributed by atoms with Crippen LogP contribution in [0.15, 0.2) is 47.5 Å². The molecule has 2 aliphatic rings. The molecule has 1 aliphatic carbocycles. The molecule has 3 aromatic rings. The van der Waals surface area contributed by atoms with Crippen molar-refractivity contribution >= 4 is 51.0 Å². The second-order valence-corrected chi connectivity index (χ2v) is 10.9. The van der Waals surface area contributed by atoms with E-state index in [4.69, 9.17) is 17.3 Å². The van der Waals surface area contributed by atoms with Gasteiger partial charge in [0.25, 0.3) is 11.1 Å². The fourth-order valence-corrected chi connectivity index (χ4v) is 6.22. The van der Waals surface area contributed by atoms with Crippen LogP contribution in [0.3, 0.4) is 0 Å². The number of amides is 2. The summed E-state index contributed by atoms with van der Waals surface area (Å²) in [5.41, 5.74) is 6.81. The lowest BCUT2D eigenvalue weighted by Crippen LogP contribution is -2.38. The van der Waals surface area contributed by atoms with Crippen molar-refractivity contribution in [1.82, 2.24) is 15.1 Å². The van der Waals surface area contributed by atoms with Crippen molar-refractivity contribution in [1.29, 1.82) is 0 Å². The third kappa shape index (κ3) is 5.42. The van der Waals surface area contributed by atoms with Gasteiger partial charge < -0.3 is 5.73 Å². The summed E-state index contributed by atoms with van der Waals surface area (Å²) in [4.78, 5) is 27.9. The highest BCUT2D eigenvalue weighted by Gasteiger charge is 2.40. The Hall–Kier alpha value is -2.82. The molecule has 2 fully saturated rings. The van der Waals surface area contributed by atoms with Crippen molar-refractivity contribution in [2.75, 3.05) is 6.54 Å². The van der Waals surface area contributed by atoms with Gasteiger partial charge in [0.15, 0.2) is 0 Å². The Morgan fingerprint density at radius 2 is 2.00 bits per heavy atom. The van der Waals surface area contributed by atoms with E-state index in [9.17, 15) is 22.8 Å². The molecular formula is C26H24ClF3N4O2S. The number of aromatic nitrogens is 2. The normalized spacial score (nSPS) is 22.2. The lowest BCUT2D eigenvalue weighted by Gasteiger charge is -2.28. The van der Waals surface area contributed by atoms with E-state index in [1.54, 1.807) is 24.4 Å². The molecule has 37 heavy (non-hydrogen) atoms. The van der Waals surface area contributed by atoms with Crippen LogP contribution in [0.5, 0.6) is 0 Å². The number of alkyl halides is 3. The molecule has 1 saturated carbocycles. The molecule has 1 saturated heterocycles. The number of thioether (sulfide) groups is 1. The maximum atomic E-state index is 13.9. The van der Waals surface area contributed by atoms with E-state index in [2.05, 4.69) is 10.2 Å².